The Kier molecular flexibility index (Phi) is 3.86. The standard InChI is InChI=1S/C8H8F2INO/c1-13-8-6(9)3-2-5(4-12-11)7(8)10/h2-3,12H,4H2,1H3. The van der Waals surface area contributed by atoms with E-state index in [-0.39, 0.29) is 5.75 Å². The number of halogens is 3. The lowest BCUT2D eigenvalue weighted by atomic mass is 10.2. The number of hydrogen-bond acceptors (Lipinski definition) is 2. The highest BCUT2D eigenvalue weighted by molar-refractivity contribution is 14.1. The molecule has 0 saturated heterocycles. The third-order valence-corrected chi connectivity index (χ3v) is 1.97. The molecular formula is C8H8F2INO. The maximum atomic E-state index is 13.3. The average Bonchev–Trinajstić information content (AvgIpc) is 2.11. The van der Waals surface area contributed by atoms with E-state index >= 15 is 0 Å². The molecule has 13 heavy (non-hydrogen) atoms. The molecule has 1 N–H and O–H groups in total. The van der Waals surface area contributed by atoms with Crippen LogP contribution in [0.5, 0.6) is 5.75 Å². The third-order valence-electron chi connectivity index (χ3n) is 1.59. The van der Waals surface area contributed by atoms with Gasteiger partial charge in [0.1, 0.15) is 0 Å². The molecule has 0 amide bonds. The van der Waals surface area contributed by atoms with Crippen LogP contribution in [0.4, 0.5) is 8.78 Å². The summed E-state index contributed by atoms with van der Waals surface area (Å²) in [4.78, 5) is 0. The van der Waals surface area contributed by atoms with Crippen molar-refractivity contribution in [3.63, 3.8) is 0 Å². The van der Waals surface area contributed by atoms with Crippen molar-refractivity contribution in [3.8, 4) is 5.75 Å². The molecule has 0 aliphatic rings. The zero-order valence-electron chi connectivity index (χ0n) is 6.90. The fourth-order valence-electron chi connectivity index (χ4n) is 0.969. The second kappa shape index (κ2) is 4.71. The summed E-state index contributed by atoms with van der Waals surface area (Å²) in [5, 5.41) is 0. The van der Waals surface area contributed by atoms with Crippen molar-refractivity contribution in [2.24, 2.45) is 0 Å². The summed E-state index contributed by atoms with van der Waals surface area (Å²) in [6.45, 7) is 0.336. The average molecular weight is 299 g/mol. The summed E-state index contributed by atoms with van der Waals surface area (Å²) < 4.78 is 33.5. The fourth-order valence-corrected chi connectivity index (χ4v) is 1.38. The Morgan fingerprint density at radius 3 is 2.69 bits per heavy atom. The second-order valence-electron chi connectivity index (χ2n) is 2.36. The number of benzene rings is 1. The van der Waals surface area contributed by atoms with E-state index in [0.29, 0.717) is 12.1 Å². The third kappa shape index (κ3) is 2.28. The predicted octanol–water partition coefficient (Wildman–Crippen LogP) is 2.41. The quantitative estimate of drug-likeness (QED) is 0.683. The fraction of sp³-hybridized carbons (Fsp3) is 0.250. The molecule has 0 fully saturated rings. The van der Waals surface area contributed by atoms with Gasteiger partial charge in [-0.1, -0.05) is 6.07 Å². The predicted molar refractivity (Wildman–Crippen MR) is 53.8 cm³/mol. The first kappa shape index (κ1) is 10.6. The Morgan fingerprint density at radius 2 is 2.15 bits per heavy atom. The van der Waals surface area contributed by atoms with Crippen LogP contribution in [-0.4, -0.2) is 7.11 Å². The maximum Gasteiger partial charge on any atom is 0.190 e. The van der Waals surface area contributed by atoms with Crippen LogP contribution in [0.3, 0.4) is 0 Å². The second-order valence-corrected chi connectivity index (χ2v) is 3.13. The minimum absolute atomic E-state index is 0.329. The van der Waals surface area contributed by atoms with Gasteiger partial charge in [0.15, 0.2) is 17.4 Å². The number of nitrogens with one attached hydrogen (secondary N) is 1. The van der Waals surface area contributed by atoms with Crippen molar-refractivity contribution < 1.29 is 13.5 Å². The van der Waals surface area contributed by atoms with Crippen molar-refractivity contribution in [3.05, 3.63) is 29.3 Å². The molecule has 0 aliphatic heterocycles. The molecule has 0 radical (unpaired) electrons. The Balaban J connectivity index is 3.11. The van der Waals surface area contributed by atoms with E-state index in [4.69, 9.17) is 0 Å². The highest BCUT2D eigenvalue weighted by atomic mass is 127. The molecule has 1 rings (SSSR count). The van der Waals surface area contributed by atoms with Gasteiger partial charge in [0.25, 0.3) is 0 Å². The lowest BCUT2D eigenvalue weighted by Gasteiger charge is -2.07. The Hall–Kier alpha value is -0.430. The molecule has 1 aromatic carbocycles. The molecule has 0 saturated carbocycles. The van der Waals surface area contributed by atoms with Crippen LogP contribution >= 0.6 is 22.9 Å². The molecule has 0 unspecified atom stereocenters. The normalized spacial score (nSPS) is 10.2. The zero-order chi connectivity index (χ0) is 9.84. The van der Waals surface area contributed by atoms with Gasteiger partial charge in [-0.3, -0.25) is 3.53 Å². The lowest BCUT2D eigenvalue weighted by Crippen LogP contribution is -2.03. The van der Waals surface area contributed by atoms with E-state index in [1.807, 2.05) is 22.9 Å². The molecule has 2 nitrogen and oxygen atoms in total. The molecule has 0 spiro atoms. The van der Waals surface area contributed by atoms with Crippen LogP contribution in [-0.2, 0) is 6.54 Å². The van der Waals surface area contributed by atoms with E-state index in [1.165, 1.54) is 19.2 Å². The van der Waals surface area contributed by atoms with Crippen molar-refractivity contribution in [1.29, 1.82) is 0 Å². The molecule has 1 aromatic rings. The van der Waals surface area contributed by atoms with Gasteiger partial charge in [0.05, 0.1) is 7.11 Å². The van der Waals surface area contributed by atoms with Gasteiger partial charge in [0.2, 0.25) is 0 Å². The van der Waals surface area contributed by atoms with Crippen LogP contribution in [0.15, 0.2) is 12.1 Å². The van der Waals surface area contributed by atoms with Crippen LogP contribution in [0.1, 0.15) is 5.56 Å². The summed E-state index contributed by atoms with van der Waals surface area (Å²) in [5.41, 5.74) is 0.382. The maximum absolute atomic E-state index is 13.3. The van der Waals surface area contributed by atoms with Crippen molar-refractivity contribution in [2.45, 2.75) is 6.54 Å². The molecule has 0 aromatic heterocycles. The molecule has 72 valence electrons. The highest BCUT2D eigenvalue weighted by Gasteiger charge is 2.13. The van der Waals surface area contributed by atoms with Crippen molar-refractivity contribution in [2.75, 3.05) is 7.11 Å². The number of ether oxygens (including phenoxy) is 1. The van der Waals surface area contributed by atoms with Crippen LogP contribution in [0, 0.1) is 11.6 Å². The Morgan fingerprint density at radius 1 is 1.46 bits per heavy atom. The summed E-state index contributed by atoms with van der Waals surface area (Å²) in [7, 11) is 1.24. The van der Waals surface area contributed by atoms with Gasteiger partial charge < -0.3 is 4.74 Å². The first-order valence-corrected chi connectivity index (χ1v) is 4.63. The Labute approximate surface area is 88.8 Å². The molecule has 0 bridgehead atoms. The van der Waals surface area contributed by atoms with E-state index < -0.39 is 11.6 Å². The van der Waals surface area contributed by atoms with E-state index in [1.54, 1.807) is 0 Å². The molecule has 0 aliphatic carbocycles. The van der Waals surface area contributed by atoms with Gasteiger partial charge in [0, 0.05) is 35.0 Å². The summed E-state index contributed by atoms with van der Waals surface area (Å²) in [6, 6.07) is 2.57. The largest absolute Gasteiger partial charge is 0.491 e. The van der Waals surface area contributed by atoms with Crippen molar-refractivity contribution in [1.82, 2.24) is 3.53 Å². The van der Waals surface area contributed by atoms with E-state index in [2.05, 4.69) is 8.27 Å². The molecular weight excluding hydrogens is 291 g/mol. The lowest BCUT2D eigenvalue weighted by molar-refractivity contribution is 0.357. The van der Waals surface area contributed by atoms with Gasteiger partial charge in [-0.05, 0) is 6.07 Å². The topological polar surface area (TPSA) is 21.3 Å². The SMILES string of the molecule is COc1c(F)ccc(CNI)c1F. The van der Waals surface area contributed by atoms with E-state index in [0.717, 1.165) is 0 Å². The molecule has 0 atom stereocenters. The van der Waals surface area contributed by atoms with Crippen LogP contribution < -0.4 is 8.27 Å². The van der Waals surface area contributed by atoms with Crippen molar-refractivity contribution >= 4 is 22.9 Å². The van der Waals surface area contributed by atoms with Crippen LogP contribution in [0.25, 0.3) is 0 Å². The number of rotatable bonds is 3. The van der Waals surface area contributed by atoms with Gasteiger partial charge >= 0.3 is 0 Å². The summed E-state index contributed by atoms with van der Waals surface area (Å²) >= 11 is 1.89. The number of methoxy groups -OCH3 is 1. The molecule has 0 heterocycles. The summed E-state index contributed by atoms with van der Waals surface area (Å²) in [6.07, 6.45) is 0. The minimum Gasteiger partial charge on any atom is -0.491 e. The number of hydrogen-bond donors (Lipinski definition) is 1. The minimum atomic E-state index is -0.683. The van der Waals surface area contributed by atoms with E-state index in [9.17, 15) is 8.78 Å². The molecule has 5 heteroatoms. The monoisotopic (exact) mass is 299 g/mol. The van der Waals surface area contributed by atoms with Gasteiger partial charge in [-0.25, -0.2) is 8.78 Å². The smallest absolute Gasteiger partial charge is 0.190 e. The summed E-state index contributed by atoms with van der Waals surface area (Å²) in [5.74, 6) is -1.66. The Bertz CT molecular complexity index is 306. The van der Waals surface area contributed by atoms with Crippen LogP contribution in [0.2, 0.25) is 0 Å². The highest BCUT2D eigenvalue weighted by Crippen LogP contribution is 2.24. The zero-order valence-corrected chi connectivity index (χ0v) is 9.06. The first-order valence-electron chi connectivity index (χ1n) is 3.55. The van der Waals surface area contributed by atoms with Gasteiger partial charge in [-0.15, -0.1) is 0 Å². The van der Waals surface area contributed by atoms with Gasteiger partial charge in [-0.2, -0.15) is 0 Å². The first-order chi connectivity index (χ1) is 6.20.